The van der Waals surface area contributed by atoms with E-state index in [1.165, 1.54) is 34.2 Å². The van der Waals surface area contributed by atoms with Gasteiger partial charge in [0.2, 0.25) is 0 Å². The second-order valence-corrected chi connectivity index (χ2v) is 5.64. The van der Waals surface area contributed by atoms with Crippen molar-refractivity contribution in [1.82, 2.24) is 5.43 Å². The van der Waals surface area contributed by atoms with Crippen LogP contribution in [0.1, 0.15) is 30.2 Å². The van der Waals surface area contributed by atoms with Crippen molar-refractivity contribution in [2.75, 3.05) is 0 Å². The lowest BCUT2D eigenvalue weighted by atomic mass is 9.79. The molecule has 1 aliphatic carbocycles. The van der Waals surface area contributed by atoms with Gasteiger partial charge in [0.05, 0.1) is 6.04 Å². The van der Waals surface area contributed by atoms with E-state index < -0.39 is 0 Å². The molecule has 84 valence electrons. The Morgan fingerprint density at radius 2 is 2.12 bits per heavy atom. The van der Waals surface area contributed by atoms with Crippen molar-refractivity contribution in [3.63, 3.8) is 0 Å². The highest BCUT2D eigenvalue weighted by atomic mass is 32.1. The zero-order valence-corrected chi connectivity index (χ0v) is 9.96. The molecule has 2 nitrogen and oxygen atoms in total. The van der Waals surface area contributed by atoms with E-state index in [4.69, 9.17) is 5.84 Å². The van der Waals surface area contributed by atoms with Crippen LogP contribution in [0.25, 0.3) is 10.1 Å². The number of thiophene rings is 1. The minimum Gasteiger partial charge on any atom is -0.271 e. The molecular formula is C13H16N2S. The summed E-state index contributed by atoms with van der Waals surface area (Å²) >= 11 is 1.87. The molecule has 1 unspecified atom stereocenters. The minimum absolute atomic E-state index is 0.353. The fourth-order valence-electron chi connectivity index (χ4n) is 2.38. The Hall–Kier alpha value is -0.900. The van der Waals surface area contributed by atoms with E-state index in [2.05, 4.69) is 35.8 Å². The Balaban J connectivity index is 1.96. The average Bonchev–Trinajstić information content (AvgIpc) is 2.66. The van der Waals surface area contributed by atoms with Gasteiger partial charge in [0.1, 0.15) is 0 Å². The van der Waals surface area contributed by atoms with Crippen LogP contribution in [0.2, 0.25) is 0 Å². The normalized spacial score (nSPS) is 18.6. The van der Waals surface area contributed by atoms with Crippen LogP contribution in [0.4, 0.5) is 0 Å². The first kappa shape index (κ1) is 10.3. The summed E-state index contributed by atoms with van der Waals surface area (Å²) in [6, 6.07) is 11.2. The Kier molecular flexibility index (Phi) is 2.67. The fourth-order valence-corrected chi connectivity index (χ4v) is 3.60. The van der Waals surface area contributed by atoms with Crippen molar-refractivity contribution >= 4 is 21.4 Å². The van der Waals surface area contributed by atoms with E-state index in [0.29, 0.717) is 6.04 Å². The summed E-state index contributed by atoms with van der Waals surface area (Å²) in [5.74, 6) is 6.43. The van der Waals surface area contributed by atoms with E-state index in [1.54, 1.807) is 0 Å². The van der Waals surface area contributed by atoms with Gasteiger partial charge in [-0.1, -0.05) is 24.6 Å². The van der Waals surface area contributed by atoms with Crippen LogP contribution < -0.4 is 11.3 Å². The van der Waals surface area contributed by atoms with Crippen LogP contribution in [-0.2, 0) is 0 Å². The maximum Gasteiger partial charge on any atom is 0.0581 e. The van der Waals surface area contributed by atoms with Gasteiger partial charge in [-0.05, 0) is 36.3 Å². The maximum absolute atomic E-state index is 5.69. The lowest BCUT2D eigenvalue weighted by Gasteiger charge is -2.32. The third-order valence-corrected chi connectivity index (χ3v) is 4.75. The largest absolute Gasteiger partial charge is 0.271 e. The molecule has 3 heteroatoms. The first-order valence-corrected chi connectivity index (χ1v) is 6.65. The molecule has 1 saturated carbocycles. The highest BCUT2D eigenvalue weighted by Crippen LogP contribution is 2.40. The van der Waals surface area contributed by atoms with Crippen LogP contribution in [0, 0.1) is 5.92 Å². The first-order chi connectivity index (χ1) is 7.88. The van der Waals surface area contributed by atoms with E-state index in [9.17, 15) is 0 Å². The average molecular weight is 232 g/mol. The Labute approximate surface area is 99.4 Å². The third-order valence-electron chi connectivity index (χ3n) is 3.55. The molecule has 0 radical (unpaired) electrons. The van der Waals surface area contributed by atoms with Gasteiger partial charge in [0.15, 0.2) is 0 Å². The minimum atomic E-state index is 0.353. The molecule has 0 aliphatic heterocycles. The SMILES string of the molecule is NNC(c1cc2ccccc2s1)C1CCC1. The number of nitrogens with two attached hydrogens (primary N) is 1. The quantitative estimate of drug-likeness (QED) is 0.630. The van der Waals surface area contributed by atoms with E-state index in [0.717, 1.165) is 5.92 Å². The highest BCUT2D eigenvalue weighted by Gasteiger charge is 2.28. The summed E-state index contributed by atoms with van der Waals surface area (Å²) in [5, 5.41) is 1.34. The summed E-state index contributed by atoms with van der Waals surface area (Å²) in [6.07, 6.45) is 3.97. The Morgan fingerprint density at radius 1 is 1.31 bits per heavy atom. The summed E-state index contributed by atoms with van der Waals surface area (Å²) in [5.41, 5.74) is 2.99. The molecule has 0 saturated heterocycles. The van der Waals surface area contributed by atoms with Crippen molar-refractivity contribution in [2.45, 2.75) is 25.3 Å². The van der Waals surface area contributed by atoms with Gasteiger partial charge >= 0.3 is 0 Å². The van der Waals surface area contributed by atoms with Gasteiger partial charge in [-0.15, -0.1) is 11.3 Å². The second kappa shape index (κ2) is 4.17. The third kappa shape index (κ3) is 1.65. The molecule has 1 heterocycles. The fraction of sp³-hybridized carbons (Fsp3) is 0.385. The molecule has 2 aromatic rings. The number of rotatable bonds is 3. The predicted octanol–water partition coefficient (Wildman–Crippen LogP) is 3.21. The molecule has 16 heavy (non-hydrogen) atoms. The van der Waals surface area contributed by atoms with E-state index in [-0.39, 0.29) is 0 Å². The van der Waals surface area contributed by atoms with Crippen LogP contribution in [-0.4, -0.2) is 0 Å². The van der Waals surface area contributed by atoms with Crippen molar-refractivity contribution in [2.24, 2.45) is 11.8 Å². The van der Waals surface area contributed by atoms with Crippen LogP contribution in [0.15, 0.2) is 30.3 Å². The molecule has 0 amide bonds. The Morgan fingerprint density at radius 3 is 2.75 bits per heavy atom. The maximum atomic E-state index is 5.69. The molecule has 3 rings (SSSR count). The number of fused-ring (bicyclic) bond motifs is 1. The number of hydrogen-bond acceptors (Lipinski definition) is 3. The molecule has 1 aromatic carbocycles. The van der Waals surface area contributed by atoms with E-state index >= 15 is 0 Å². The number of hydrazine groups is 1. The van der Waals surface area contributed by atoms with Crippen molar-refractivity contribution < 1.29 is 0 Å². The smallest absolute Gasteiger partial charge is 0.0581 e. The lowest BCUT2D eigenvalue weighted by molar-refractivity contribution is 0.235. The van der Waals surface area contributed by atoms with Gasteiger partial charge in [-0.3, -0.25) is 11.3 Å². The molecular weight excluding hydrogens is 216 g/mol. The number of nitrogens with one attached hydrogen (secondary N) is 1. The second-order valence-electron chi connectivity index (χ2n) is 4.52. The highest BCUT2D eigenvalue weighted by molar-refractivity contribution is 7.19. The molecule has 1 fully saturated rings. The van der Waals surface area contributed by atoms with Gasteiger partial charge < -0.3 is 0 Å². The van der Waals surface area contributed by atoms with E-state index in [1.807, 2.05) is 11.3 Å². The lowest BCUT2D eigenvalue weighted by Crippen LogP contribution is -2.35. The molecule has 1 aliphatic rings. The zero-order valence-electron chi connectivity index (χ0n) is 9.15. The van der Waals surface area contributed by atoms with Gasteiger partial charge in [-0.2, -0.15) is 0 Å². The monoisotopic (exact) mass is 232 g/mol. The molecule has 0 bridgehead atoms. The summed E-state index contributed by atoms with van der Waals surface area (Å²) in [6.45, 7) is 0. The van der Waals surface area contributed by atoms with Crippen LogP contribution in [0.5, 0.6) is 0 Å². The van der Waals surface area contributed by atoms with Crippen LogP contribution in [0.3, 0.4) is 0 Å². The number of benzene rings is 1. The van der Waals surface area contributed by atoms with Gasteiger partial charge in [-0.25, -0.2) is 0 Å². The zero-order chi connectivity index (χ0) is 11.0. The molecule has 0 spiro atoms. The summed E-state index contributed by atoms with van der Waals surface area (Å²) in [7, 11) is 0. The van der Waals surface area contributed by atoms with Gasteiger partial charge in [0.25, 0.3) is 0 Å². The molecule has 1 atom stereocenters. The topological polar surface area (TPSA) is 38.0 Å². The summed E-state index contributed by atoms with van der Waals surface area (Å²) in [4.78, 5) is 1.38. The molecule has 3 N–H and O–H groups in total. The first-order valence-electron chi connectivity index (χ1n) is 5.83. The van der Waals surface area contributed by atoms with Crippen molar-refractivity contribution in [3.05, 3.63) is 35.2 Å². The van der Waals surface area contributed by atoms with Crippen molar-refractivity contribution in [1.29, 1.82) is 0 Å². The molecule has 1 aromatic heterocycles. The Bertz CT molecular complexity index is 454. The summed E-state index contributed by atoms with van der Waals surface area (Å²) < 4.78 is 1.36. The van der Waals surface area contributed by atoms with Crippen molar-refractivity contribution in [3.8, 4) is 0 Å². The number of hydrogen-bond donors (Lipinski definition) is 2. The van der Waals surface area contributed by atoms with Gasteiger partial charge in [0, 0.05) is 9.58 Å². The predicted molar refractivity (Wildman–Crippen MR) is 69.2 cm³/mol. The standard InChI is InChI=1S/C13H16N2S/c14-15-13(9-5-3-6-9)12-8-10-4-1-2-7-11(10)16-12/h1-2,4,7-9,13,15H,3,5-6,14H2. The van der Waals surface area contributed by atoms with Crippen LogP contribution >= 0.6 is 11.3 Å².